The lowest BCUT2D eigenvalue weighted by atomic mass is 10.2. The van der Waals surface area contributed by atoms with E-state index < -0.39 is 0 Å². The van der Waals surface area contributed by atoms with Crippen molar-refractivity contribution in [2.24, 2.45) is 0 Å². The molecule has 2 aromatic carbocycles. The Morgan fingerprint density at radius 3 is 2.72 bits per heavy atom. The fourth-order valence-electron chi connectivity index (χ4n) is 2.29. The molecular formula is C18H19FN2O3S. The second-order valence-corrected chi connectivity index (χ2v) is 6.62. The van der Waals surface area contributed by atoms with Crippen molar-refractivity contribution < 1.29 is 18.7 Å². The molecular weight excluding hydrogens is 343 g/mol. The molecule has 1 heterocycles. The van der Waals surface area contributed by atoms with Crippen LogP contribution in [0.15, 0.2) is 47.4 Å². The number of halogens is 1. The first-order valence-electron chi connectivity index (χ1n) is 7.99. The second kappa shape index (κ2) is 8.62. The van der Waals surface area contributed by atoms with Crippen LogP contribution in [0.5, 0.6) is 11.5 Å². The lowest BCUT2D eigenvalue weighted by Gasteiger charge is -2.08. The summed E-state index contributed by atoms with van der Waals surface area (Å²) in [7, 11) is 0. The van der Waals surface area contributed by atoms with E-state index in [1.165, 1.54) is 12.1 Å². The normalized spacial score (nSPS) is 12.0. The van der Waals surface area contributed by atoms with E-state index in [4.69, 9.17) is 9.47 Å². The maximum atomic E-state index is 12.8. The minimum atomic E-state index is -0.231. The Labute approximate surface area is 149 Å². The molecule has 132 valence electrons. The lowest BCUT2D eigenvalue weighted by Crippen LogP contribution is -2.35. The van der Waals surface area contributed by atoms with Crippen LogP contribution >= 0.6 is 11.8 Å². The molecule has 3 rings (SSSR count). The third kappa shape index (κ3) is 5.29. The molecule has 2 N–H and O–H groups in total. The first-order chi connectivity index (χ1) is 12.2. The van der Waals surface area contributed by atoms with Gasteiger partial charge in [0.15, 0.2) is 11.5 Å². The van der Waals surface area contributed by atoms with Gasteiger partial charge in [-0.15, -0.1) is 11.8 Å². The van der Waals surface area contributed by atoms with Crippen LogP contribution in [0.4, 0.5) is 9.18 Å². The number of benzene rings is 2. The van der Waals surface area contributed by atoms with Crippen LogP contribution < -0.4 is 20.1 Å². The van der Waals surface area contributed by atoms with E-state index >= 15 is 0 Å². The number of fused-ring (bicyclic) bond motifs is 1. The van der Waals surface area contributed by atoms with Crippen LogP contribution in [-0.2, 0) is 6.54 Å². The molecule has 7 heteroatoms. The Hall–Kier alpha value is -2.41. The predicted octanol–water partition coefficient (Wildman–Crippen LogP) is 3.54. The maximum Gasteiger partial charge on any atom is 0.315 e. The monoisotopic (exact) mass is 362 g/mol. The third-order valence-electron chi connectivity index (χ3n) is 3.58. The summed E-state index contributed by atoms with van der Waals surface area (Å²) >= 11 is 1.64. The van der Waals surface area contributed by atoms with E-state index in [2.05, 4.69) is 10.6 Å². The van der Waals surface area contributed by atoms with Gasteiger partial charge >= 0.3 is 6.03 Å². The maximum absolute atomic E-state index is 12.8. The molecule has 0 saturated heterocycles. The molecule has 1 aliphatic heterocycles. The fourth-order valence-corrected chi connectivity index (χ4v) is 3.14. The summed E-state index contributed by atoms with van der Waals surface area (Å²) in [6.45, 7) is 1.25. The molecule has 0 unspecified atom stereocenters. The van der Waals surface area contributed by atoms with Gasteiger partial charge in [-0.3, -0.25) is 0 Å². The van der Waals surface area contributed by atoms with Crippen LogP contribution in [-0.4, -0.2) is 25.1 Å². The predicted molar refractivity (Wildman–Crippen MR) is 94.5 cm³/mol. The second-order valence-electron chi connectivity index (χ2n) is 5.45. The zero-order valence-electron chi connectivity index (χ0n) is 13.6. The molecule has 0 aromatic heterocycles. The van der Waals surface area contributed by atoms with Crippen molar-refractivity contribution in [3.63, 3.8) is 0 Å². The quantitative estimate of drug-likeness (QED) is 0.584. The van der Waals surface area contributed by atoms with Crippen molar-refractivity contribution in [1.29, 1.82) is 0 Å². The van der Waals surface area contributed by atoms with Crippen LogP contribution in [0.2, 0.25) is 0 Å². The zero-order valence-corrected chi connectivity index (χ0v) is 14.4. The van der Waals surface area contributed by atoms with Gasteiger partial charge in [-0.05, 0) is 54.1 Å². The Morgan fingerprint density at radius 2 is 1.88 bits per heavy atom. The van der Waals surface area contributed by atoms with Crippen LogP contribution in [0.25, 0.3) is 0 Å². The summed E-state index contributed by atoms with van der Waals surface area (Å²) < 4.78 is 23.4. The molecule has 2 amide bonds. The summed E-state index contributed by atoms with van der Waals surface area (Å²) in [6, 6.07) is 11.8. The van der Waals surface area contributed by atoms with Gasteiger partial charge in [-0.1, -0.05) is 6.07 Å². The van der Waals surface area contributed by atoms with Crippen LogP contribution in [0.3, 0.4) is 0 Å². The molecule has 0 spiro atoms. The number of carbonyl (C=O) groups excluding carboxylic acids is 1. The van der Waals surface area contributed by atoms with Crippen molar-refractivity contribution in [2.45, 2.75) is 17.9 Å². The number of hydrogen-bond donors (Lipinski definition) is 2. The molecule has 25 heavy (non-hydrogen) atoms. The highest BCUT2D eigenvalue weighted by Crippen LogP contribution is 2.32. The van der Waals surface area contributed by atoms with Gasteiger partial charge in [0.05, 0.1) is 0 Å². The highest BCUT2D eigenvalue weighted by molar-refractivity contribution is 7.99. The van der Waals surface area contributed by atoms with E-state index in [0.29, 0.717) is 18.8 Å². The van der Waals surface area contributed by atoms with Crippen molar-refractivity contribution in [3.05, 3.63) is 53.8 Å². The highest BCUT2D eigenvalue weighted by Gasteiger charge is 2.13. The molecule has 0 aliphatic carbocycles. The zero-order chi connectivity index (χ0) is 17.5. The molecule has 2 aromatic rings. The van der Waals surface area contributed by atoms with Crippen molar-refractivity contribution in [2.75, 3.05) is 19.1 Å². The number of thioether (sulfide) groups is 1. The highest BCUT2D eigenvalue weighted by atomic mass is 32.2. The van der Waals surface area contributed by atoms with Gasteiger partial charge in [-0.25, -0.2) is 9.18 Å². The molecule has 0 radical (unpaired) electrons. The number of carbonyl (C=O) groups is 1. The fraction of sp³-hybridized carbons (Fsp3) is 0.278. The van der Waals surface area contributed by atoms with Crippen molar-refractivity contribution in [3.8, 4) is 11.5 Å². The van der Waals surface area contributed by atoms with Crippen LogP contribution in [0.1, 0.15) is 12.0 Å². The van der Waals surface area contributed by atoms with Gasteiger partial charge in [-0.2, -0.15) is 0 Å². The first kappa shape index (κ1) is 17.4. The molecule has 5 nitrogen and oxygen atoms in total. The molecule has 0 saturated carbocycles. The van der Waals surface area contributed by atoms with Gasteiger partial charge in [0.2, 0.25) is 6.79 Å². The SMILES string of the molecule is O=C(NCCCSc1ccc(F)cc1)NCc1ccc2c(c1)OCO2. The summed E-state index contributed by atoms with van der Waals surface area (Å²) in [5.74, 6) is 2.06. The van der Waals surface area contributed by atoms with Crippen LogP contribution in [0, 0.1) is 5.82 Å². The number of ether oxygens (including phenoxy) is 2. The Bertz CT molecular complexity index is 725. The summed E-state index contributed by atoms with van der Waals surface area (Å²) in [5.41, 5.74) is 0.950. The molecule has 0 atom stereocenters. The smallest absolute Gasteiger partial charge is 0.315 e. The summed E-state index contributed by atoms with van der Waals surface area (Å²) in [5, 5.41) is 5.63. The van der Waals surface area contributed by atoms with Crippen molar-refractivity contribution in [1.82, 2.24) is 10.6 Å². The molecule has 0 fully saturated rings. The van der Waals surface area contributed by atoms with E-state index in [-0.39, 0.29) is 18.6 Å². The number of nitrogens with one attached hydrogen (secondary N) is 2. The molecule has 1 aliphatic rings. The van der Waals surface area contributed by atoms with Crippen molar-refractivity contribution >= 4 is 17.8 Å². The number of urea groups is 1. The van der Waals surface area contributed by atoms with E-state index in [1.807, 2.05) is 18.2 Å². The number of hydrogen-bond acceptors (Lipinski definition) is 4. The standard InChI is InChI=1S/C18H19FN2O3S/c19-14-3-5-15(6-4-14)25-9-1-8-20-18(22)21-11-13-2-7-16-17(10-13)24-12-23-16/h2-7,10H,1,8-9,11-12H2,(H2,20,21,22). The number of rotatable bonds is 7. The van der Waals surface area contributed by atoms with Gasteiger partial charge in [0.1, 0.15) is 5.82 Å². The number of amides is 2. The first-order valence-corrected chi connectivity index (χ1v) is 8.98. The Balaban J connectivity index is 1.30. The van der Waals surface area contributed by atoms with E-state index in [1.54, 1.807) is 23.9 Å². The summed E-state index contributed by atoms with van der Waals surface area (Å²) in [4.78, 5) is 12.8. The van der Waals surface area contributed by atoms with E-state index in [0.717, 1.165) is 28.4 Å². The van der Waals surface area contributed by atoms with Gasteiger partial charge < -0.3 is 20.1 Å². The average molecular weight is 362 g/mol. The summed E-state index contributed by atoms with van der Waals surface area (Å²) in [6.07, 6.45) is 0.833. The minimum absolute atomic E-state index is 0.204. The average Bonchev–Trinajstić information content (AvgIpc) is 3.09. The van der Waals surface area contributed by atoms with E-state index in [9.17, 15) is 9.18 Å². The molecule has 0 bridgehead atoms. The largest absolute Gasteiger partial charge is 0.454 e. The van der Waals surface area contributed by atoms with Gasteiger partial charge in [0.25, 0.3) is 0 Å². The Morgan fingerprint density at radius 1 is 1.08 bits per heavy atom. The van der Waals surface area contributed by atoms with Gasteiger partial charge in [0, 0.05) is 18.0 Å². The Kier molecular flexibility index (Phi) is 6.00. The third-order valence-corrected chi connectivity index (χ3v) is 4.68. The topological polar surface area (TPSA) is 59.6 Å². The minimum Gasteiger partial charge on any atom is -0.454 e. The lowest BCUT2D eigenvalue weighted by molar-refractivity contribution is 0.174.